The summed E-state index contributed by atoms with van der Waals surface area (Å²) in [6.07, 6.45) is 5.32. The zero-order chi connectivity index (χ0) is 24.2. The molecule has 180 valence electrons. The summed E-state index contributed by atoms with van der Waals surface area (Å²) in [6.45, 7) is 2.60. The van der Waals surface area contributed by atoms with Crippen LogP contribution in [0, 0.1) is 23.2 Å². The quantitative estimate of drug-likeness (QED) is 0.589. The second kappa shape index (κ2) is 10.3. The Hall–Kier alpha value is -3.34. The van der Waals surface area contributed by atoms with E-state index in [0.29, 0.717) is 30.8 Å². The van der Waals surface area contributed by atoms with Crippen molar-refractivity contribution in [2.75, 3.05) is 13.7 Å². The zero-order valence-electron chi connectivity index (χ0n) is 19.8. The first-order chi connectivity index (χ1) is 16.5. The Morgan fingerprint density at radius 3 is 2.88 bits per heavy atom. The van der Waals surface area contributed by atoms with Crippen LogP contribution >= 0.6 is 0 Å². The van der Waals surface area contributed by atoms with Crippen LogP contribution in [0.3, 0.4) is 0 Å². The van der Waals surface area contributed by atoms with Gasteiger partial charge >= 0.3 is 0 Å². The maximum Gasteiger partial charge on any atom is 0.271 e. The van der Waals surface area contributed by atoms with Crippen molar-refractivity contribution in [2.24, 2.45) is 11.8 Å². The average Bonchev–Trinajstić information content (AvgIpc) is 3.43. The number of carbonyl (C=O) groups excluding carboxylic acids is 3. The van der Waals surface area contributed by atoms with E-state index in [4.69, 9.17) is 4.74 Å². The Morgan fingerprint density at radius 1 is 1.38 bits per heavy atom. The molecule has 34 heavy (non-hydrogen) atoms. The Labute approximate surface area is 199 Å². The van der Waals surface area contributed by atoms with Crippen LogP contribution in [-0.4, -0.2) is 53.2 Å². The highest BCUT2D eigenvalue weighted by Gasteiger charge is 2.47. The highest BCUT2D eigenvalue weighted by Crippen LogP contribution is 2.33. The minimum Gasteiger partial charge on any atom is -0.496 e. The number of aromatic amines is 1. The monoisotopic (exact) mass is 464 g/mol. The highest BCUT2D eigenvalue weighted by molar-refractivity contribution is 6.02. The van der Waals surface area contributed by atoms with Crippen molar-refractivity contribution in [3.63, 3.8) is 0 Å². The first-order valence-corrected chi connectivity index (χ1v) is 12.2. The minimum atomic E-state index is -0.735. The number of Topliss-reactive ketones (excluding diaryl/α,β-unsaturated/α-hetero) is 1. The van der Waals surface area contributed by atoms with Crippen molar-refractivity contribution >= 4 is 28.5 Å². The fraction of sp³-hybridized carbons (Fsp3) is 0.538. The lowest BCUT2D eigenvalue weighted by Gasteiger charge is -2.47. The number of aromatic nitrogens is 1. The number of likely N-dealkylation sites (tertiary alicyclic amines) is 1. The number of nitrogens with zero attached hydrogens (tertiary/aromatic N) is 2. The molecule has 2 aromatic rings. The predicted molar refractivity (Wildman–Crippen MR) is 127 cm³/mol. The van der Waals surface area contributed by atoms with E-state index >= 15 is 0 Å². The first kappa shape index (κ1) is 23.8. The number of nitriles is 1. The van der Waals surface area contributed by atoms with E-state index in [2.05, 4.69) is 23.3 Å². The molecule has 2 N–H and O–H groups in total. The Morgan fingerprint density at radius 2 is 2.21 bits per heavy atom. The zero-order valence-corrected chi connectivity index (χ0v) is 19.8. The second-order valence-corrected chi connectivity index (χ2v) is 9.39. The summed E-state index contributed by atoms with van der Waals surface area (Å²) in [4.78, 5) is 43.4. The number of ether oxygens (including phenoxy) is 1. The maximum atomic E-state index is 13.4. The van der Waals surface area contributed by atoms with Crippen LogP contribution in [0.15, 0.2) is 24.3 Å². The summed E-state index contributed by atoms with van der Waals surface area (Å²) in [5.74, 6) is 0.170. The number of amides is 2. The first-order valence-electron chi connectivity index (χ1n) is 12.2. The van der Waals surface area contributed by atoms with Crippen molar-refractivity contribution in [1.82, 2.24) is 15.2 Å². The summed E-state index contributed by atoms with van der Waals surface area (Å²) in [5, 5.41) is 13.2. The van der Waals surface area contributed by atoms with Crippen LogP contribution in [0.25, 0.3) is 10.9 Å². The summed E-state index contributed by atoms with van der Waals surface area (Å²) in [7, 11) is 1.59. The molecule has 2 amide bonds. The largest absolute Gasteiger partial charge is 0.496 e. The van der Waals surface area contributed by atoms with Gasteiger partial charge in [-0.15, -0.1) is 0 Å². The topological polar surface area (TPSA) is 115 Å². The molecule has 8 heteroatoms. The van der Waals surface area contributed by atoms with Gasteiger partial charge in [-0.3, -0.25) is 14.4 Å². The minimum absolute atomic E-state index is 0.0512. The second-order valence-electron chi connectivity index (χ2n) is 9.39. The lowest BCUT2D eigenvalue weighted by molar-refractivity contribution is -0.134. The van der Waals surface area contributed by atoms with Gasteiger partial charge in [0.25, 0.3) is 5.91 Å². The molecule has 4 rings (SSSR count). The van der Waals surface area contributed by atoms with E-state index < -0.39 is 12.1 Å². The Balaban J connectivity index is 1.50. The van der Waals surface area contributed by atoms with Gasteiger partial charge in [-0.25, -0.2) is 0 Å². The van der Waals surface area contributed by atoms with Gasteiger partial charge in [0.2, 0.25) is 5.91 Å². The molecule has 1 aromatic heterocycles. The van der Waals surface area contributed by atoms with E-state index in [0.717, 1.165) is 43.0 Å². The number of H-pyrrole nitrogens is 1. The molecule has 0 bridgehead atoms. The van der Waals surface area contributed by atoms with E-state index in [9.17, 15) is 19.6 Å². The Kier molecular flexibility index (Phi) is 7.20. The number of unbranched alkanes of at least 4 members (excludes halogenated alkanes) is 1. The van der Waals surface area contributed by atoms with Gasteiger partial charge in [0.15, 0.2) is 0 Å². The molecule has 0 spiro atoms. The number of rotatable bonds is 9. The summed E-state index contributed by atoms with van der Waals surface area (Å²) in [6, 6.07) is 8.10. The van der Waals surface area contributed by atoms with Crippen LogP contribution in [0.4, 0.5) is 0 Å². The summed E-state index contributed by atoms with van der Waals surface area (Å²) in [5.41, 5.74) is 1.19. The van der Waals surface area contributed by atoms with Gasteiger partial charge in [0.1, 0.15) is 29.3 Å². The third-order valence-electron chi connectivity index (χ3n) is 7.17. The van der Waals surface area contributed by atoms with Crippen molar-refractivity contribution in [3.8, 4) is 11.8 Å². The van der Waals surface area contributed by atoms with Crippen LogP contribution in [0.2, 0.25) is 0 Å². The average molecular weight is 465 g/mol. The van der Waals surface area contributed by atoms with Gasteiger partial charge in [-0.2, -0.15) is 5.26 Å². The number of ketones is 1. The molecule has 1 saturated carbocycles. The molecule has 8 nitrogen and oxygen atoms in total. The molecule has 2 aliphatic rings. The molecule has 1 saturated heterocycles. The number of benzene rings is 1. The van der Waals surface area contributed by atoms with Gasteiger partial charge in [-0.1, -0.05) is 25.8 Å². The molecular weight excluding hydrogens is 432 g/mol. The number of hydrogen-bond donors (Lipinski definition) is 2. The lowest BCUT2D eigenvalue weighted by Crippen LogP contribution is -2.65. The maximum absolute atomic E-state index is 13.4. The molecular formula is C26H32N4O4. The number of methoxy groups -OCH3 is 1. The lowest BCUT2D eigenvalue weighted by atomic mass is 9.83. The molecule has 1 aromatic carbocycles. The molecule has 4 atom stereocenters. The molecule has 4 unspecified atom stereocenters. The van der Waals surface area contributed by atoms with Crippen molar-refractivity contribution in [1.29, 1.82) is 5.26 Å². The van der Waals surface area contributed by atoms with E-state index in [-0.39, 0.29) is 29.4 Å². The molecule has 1 aliphatic carbocycles. The number of fused-ring (bicyclic) bond motifs is 1. The highest BCUT2D eigenvalue weighted by atomic mass is 16.5. The van der Waals surface area contributed by atoms with Crippen molar-refractivity contribution < 1.29 is 19.1 Å². The van der Waals surface area contributed by atoms with E-state index in [1.165, 1.54) is 0 Å². The normalized spacial score (nSPS) is 22.8. The van der Waals surface area contributed by atoms with E-state index in [1.807, 2.05) is 18.2 Å². The van der Waals surface area contributed by atoms with Crippen LogP contribution < -0.4 is 10.1 Å². The van der Waals surface area contributed by atoms with Gasteiger partial charge in [-0.05, 0) is 43.9 Å². The number of nitrogens with one attached hydrogen (secondary N) is 2. The fourth-order valence-electron chi connectivity index (χ4n) is 5.26. The SMILES string of the molecule is CCCCC1CN(C(=O)c2cc3c(OC)cccc3[nH]2)C1C(=O)NC(C#N)CC1CCCC1=O. The molecule has 2 fully saturated rings. The van der Waals surface area contributed by atoms with E-state index in [1.54, 1.807) is 18.1 Å². The van der Waals surface area contributed by atoms with Crippen LogP contribution in [-0.2, 0) is 9.59 Å². The van der Waals surface area contributed by atoms with Crippen molar-refractivity contribution in [3.05, 3.63) is 30.0 Å². The fourth-order valence-corrected chi connectivity index (χ4v) is 5.26. The molecule has 1 aliphatic heterocycles. The Bertz CT molecular complexity index is 1120. The summed E-state index contributed by atoms with van der Waals surface area (Å²) >= 11 is 0. The smallest absolute Gasteiger partial charge is 0.271 e. The van der Waals surface area contributed by atoms with Gasteiger partial charge < -0.3 is 19.9 Å². The van der Waals surface area contributed by atoms with Gasteiger partial charge in [0.05, 0.1) is 13.2 Å². The number of hydrogen-bond acceptors (Lipinski definition) is 5. The third-order valence-corrected chi connectivity index (χ3v) is 7.17. The van der Waals surface area contributed by atoms with Crippen LogP contribution in [0.5, 0.6) is 5.75 Å². The van der Waals surface area contributed by atoms with Crippen LogP contribution in [0.1, 0.15) is 62.4 Å². The molecule has 2 heterocycles. The molecule has 0 radical (unpaired) electrons. The predicted octanol–water partition coefficient (Wildman–Crippen LogP) is 3.57. The third kappa shape index (κ3) is 4.65. The van der Waals surface area contributed by atoms with Crippen molar-refractivity contribution in [2.45, 2.75) is 64.0 Å². The standard InChI is InChI=1S/C26H32N4O4/c1-3-4-7-17-15-30(26(33)21-13-19-20(29-21)9-6-11-23(19)34-2)24(17)25(32)28-18(14-27)12-16-8-5-10-22(16)31/h6,9,11,13,16-18,24,29H,3-5,7-8,10,12,15H2,1-2H3,(H,28,32). The van der Waals surface area contributed by atoms with Gasteiger partial charge in [0, 0.05) is 35.7 Å². The summed E-state index contributed by atoms with van der Waals surface area (Å²) < 4.78 is 5.40. The number of carbonyl (C=O) groups is 3.